The number of guanidine groups is 1. The van der Waals surface area contributed by atoms with Crippen LogP contribution in [0.1, 0.15) is 30.5 Å². The van der Waals surface area contributed by atoms with E-state index < -0.39 is 0 Å². The van der Waals surface area contributed by atoms with E-state index in [1.807, 2.05) is 12.3 Å². The van der Waals surface area contributed by atoms with Gasteiger partial charge in [0, 0.05) is 46.2 Å². The van der Waals surface area contributed by atoms with E-state index >= 15 is 0 Å². The quantitative estimate of drug-likeness (QED) is 0.269. The van der Waals surface area contributed by atoms with Crippen molar-refractivity contribution in [2.24, 2.45) is 10.9 Å². The van der Waals surface area contributed by atoms with Gasteiger partial charge in [0.25, 0.3) is 0 Å². The molecule has 1 aliphatic rings. The second kappa shape index (κ2) is 13.3. The molecule has 0 saturated carbocycles. The van der Waals surface area contributed by atoms with E-state index in [0.717, 1.165) is 63.9 Å². The Labute approximate surface area is 168 Å². The predicted octanol–water partition coefficient (Wildman–Crippen LogP) is 2.51. The number of hydrogen-bond donors (Lipinski definition) is 2. The van der Waals surface area contributed by atoms with E-state index in [-0.39, 0.29) is 24.0 Å². The highest BCUT2D eigenvalue weighted by molar-refractivity contribution is 14.0. The number of aliphatic imine (C=N–C) groups is 1. The summed E-state index contributed by atoms with van der Waals surface area (Å²) in [5.74, 6) is 1.47. The topological polar surface area (TPSA) is 67.8 Å². The zero-order valence-electron chi connectivity index (χ0n) is 15.3. The van der Waals surface area contributed by atoms with E-state index in [9.17, 15) is 0 Å². The number of hydrogen-bond acceptors (Lipinski definition) is 4. The molecule has 0 radical (unpaired) electrons. The fourth-order valence-electron chi connectivity index (χ4n) is 2.64. The molecule has 7 heteroatoms. The van der Waals surface area contributed by atoms with Crippen molar-refractivity contribution in [2.45, 2.75) is 32.7 Å². The van der Waals surface area contributed by atoms with Crippen LogP contribution in [-0.2, 0) is 16.0 Å². The zero-order chi connectivity index (χ0) is 17.0. The Kier molecular flexibility index (Phi) is 11.8. The summed E-state index contributed by atoms with van der Waals surface area (Å²) in [5, 5.41) is 6.60. The Bertz CT molecular complexity index is 508. The standard InChI is InChI=1S/C18H30N4O2.HI/c1-15-5-3-8-20-17(15)13-22-18(19-2)21-9-4-10-24-14-16-6-11-23-12-7-16;/h3,5,8,16H,4,6-7,9-14H2,1-2H3,(H2,19,21,22);1H. The molecule has 0 aliphatic carbocycles. The van der Waals surface area contributed by atoms with Crippen molar-refractivity contribution in [3.05, 3.63) is 29.6 Å². The maximum absolute atomic E-state index is 5.77. The van der Waals surface area contributed by atoms with E-state index in [1.165, 1.54) is 5.56 Å². The van der Waals surface area contributed by atoms with Crippen LogP contribution in [0.2, 0.25) is 0 Å². The number of rotatable bonds is 8. The summed E-state index contributed by atoms with van der Waals surface area (Å²) in [5.41, 5.74) is 2.22. The first kappa shape index (κ1) is 22.1. The Morgan fingerprint density at radius 1 is 1.36 bits per heavy atom. The maximum atomic E-state index is 5.77. The van der Waals surface area contributed by atoms with Gasteiger partial charge in [-0.15, -0.1) is 24.0 Å². The smallest absolute Gasteiger partial charge is 0.191 e. The molecule has 2 heterocycles. The van der Waals surface area contributed by atoms with Gasteiger partial charge < -0.3 is 20.1 Å². The van der Waals surface area contributed by atoms with Gasteiger partial charge in [-0.25, -0.2) is 0 Å². The van der Waals surface area contributed by atoms with Crippen molar-refractivity contribution in [1.82, 2.24) is 15.6 Å². The van der Waals surface area contributed by atoms with Gasteiger partial charge in [0.1, 0.15) is 0 Å². The Morgan fingerprint density at radius 2 is 2.16 bits per heavy atom. The summed E-state index contributed by atoms with van der Waals surface area (Å²) in [7, 11) is 1.78. The fraction of sp³-hybridized carbons (Fsp3) is 0.667. The highest BCUT2D eigenvalue weighted by Gasteiger charge is 2.13. The summed E-state index contributed by atoms with van der Waals surface area (Å²) in [6.07, 6.45) is 5.03. The second-order valence-electron chi connectivity index (χ2n) is 6.10. The van der Waals surface area contributed by atoms with Crippen molar-refractivity contribution >= 4 is 29.9 Å². The summed E-state index contributed by atoms with van der Waals surface area (Å²) in [4.78, 5) is 8.61. The number of halogens is 1. The molecule has 0 spiro atoms. The van der Waals surface area contributed by atoms with Gasteiger partial charge in [-0.3, -0.25) is 9.98 Å². The first-order chi connectivity index (χ1) is 11.8. The van der Waals surface area contributed by atoms with E-state index in [4.69, 9.17) is 9.47 Å². The van der Waals surface area contributed by atoms with Crippen molar-refractivity contribution in [3.8, 4) is 0 Å². The molecule has 1 saturated heterocycles. The lowest BCUT2D eigenvalue weighted by Crippen LogP contribution is -2.38. The number of ether oxygens (including phenoxy) is 2. The molecule has 0 unspecified atom stereocenters. The number of nitrogens with one attached hydrogen (secondary N) is 2. The maximum Gasteiger partial charge on any atom is 0.191 e. The van der Waals surface area contributed by atoms with Crippen LogP contribution in [0.25, 0.3) is 0 Å². The zero-order valence-corrected chi connectivity index (χ0v) is 17.6. The lowest BCUT2D eigenvalue weighted by atomic mass is 10.0. The minimum absolute atomic E-state index is 0. The number of nitrogens with zero attached hydrogens (tertiary/aromatic N) is 2. The lowest BCUT2D eigenvalue weighted by Gasteiger charge is -2.21. The van der Waals surface area contributed by atoms with Crippen LogP contribution in [0.3, 0.4) is 0 Å². The summed E-state index contributed by atoms with van der Waals surface area (Å²) in [6, 6.07) is 4.02. The highest BCUT2D eigenvalue weighted by atomic mass is 127. The first-order valence-electron chi connectivity index (χ1n) is 8.80. The van der Waals surface area contributed by atoms with Crippen molar-refractivity contribution in [2.75, 3.05) is 40.0 Å². The average molecular weight is 462 g/mol. The highest BCUT2D eigenvalue weighted by Crippen LogP contribution is 2.14. The first-order valence-corrected chi connectivity index (χ1v) is 8.80. The van der Waals surface area contributed by atoms with Gasteiger partial charge in [-0.2, -0.15) is 0 Å². The summed E-state index contributed by atoms with van der Waals surface area (Å²) in [6.45, 7) is 6.98. The van der Waals surface area contributed by atoms with Crippen molar-refractivity contribution in [3.63, 3.8) is 0 Å². The van der Waals surface area contributed by atoms with Gasteiger partial charge in [-0.1, -0.05) is 6.07 Å². The third-order valence-electron chi connectivity index (χ3n) is 4.22. The molecular formula is C18H31IN4O2. The number of aryl methyl sites for hydroxylation is 1. The van der Waals surface area contributed by atoms with Crippen LogP contribution in [0, 0.1) is 12.8 Å². The minimum atomic E-state index is 0. The lowest BCUT2D eigenvalue weighted by molar-refractivity contribution is 0.0203. The monoisotopic (exact) mass is 462 g/mol. The average Bonchev–Trinajstić information content (AvgIpc) is 2.62. The number of aromatic nitrogens is 1. The van der Waals surface area contributed by atoms with Crippen LogP contribution in [-0.4, -0.2) is 51.0 Å². The molecule has 0 atom stereocenters. The minimum Gasteiger partial charge on any atom is -0.381 e. The molecule has 25 heavy (non-hydrogen) atoms. The molecule has 0 bridgehead atoms. The Balaban J connectivity index is 0.00000312. The van der Waals surface area contributed by atoms with Crippen molar-refractivity contribution < 1.29 is 9.47 Å². The Hall–Kier alpha value is -0.930. The molecule has 2 rings (SSSR count). The molecule has 1 aromatic heterocycles. The van der Waals surface area contributed by atoms with Crippen LogP contribution >= 0.6 is 24.0 Å². The van der Waals surface area contributed by atoms with E-state index in [0.29, 0.717) is 12.5 Å². The molecule has 0 amide bonds. The third kappa shape index (κ3) is 8.82. The largest absolute Gasteiger partial charge is 0.381 e. The molecule has 0 aromatic carbocycles. The SMILES string of the molecule is CN=C(NCCCOCC1CCOCC1)NCc1ncccc1C.I. The molecular weight excluding hydrogens is 431 g/mol. The Morgan fingerprint density at radius 3 is 2.88 bits per heavy atom. The van der Waals surface area contributed by atoms with Crippen molar-refractivity contribution in [1.29, 1.82) is 0 Å². The summed E-state index contributed by atoms with van der Waals surface area (Å²) < 4.78 is 11.1. The molecule has 1 aliphatic heterocycles. The van der Waals surface area contributed by atoms with Crippen LogP contribution in [0.5, 0.6) is 0 Å². The normalized spacial score (nSPS) is 15.5. The van der Waals surface area contributed by atoms with E-state index in [1.54, 1.807) is 7.05 Å². The number of pyridine rings is 1. The predicted molar refractivity (Wildman–Crippen MR) is 112 cm³/mol. The van der Waals surface area contributed by atoms with Crippen LogP contribution in [0.15, 0.2) is 23.3 Å². The van der Waals surface area contributed by atoms with Crippen LogP contribution < -0.4 is 10.6 Å². The van der Waals surface area contributed by atoms with Gasteiger partial charge in [0.05, 0.1) is 12.2 Å². The van der Waals surface area contributed by atoms with Gasteiger partial charge in [-0.05, 0) is 43.7 Å². The summed E-state index contributed by atoms with van der Waals surface area (Å²) >= 11 is 0. The molecule has 1 aromatic rings. The van der Waals surface area contributed by atoms with Gasteiger partial charge in [0.2, 0.25) is 0 Å². The second-order valence-corrected chi connectivity index (χ2v) is 6.10. The fourth-order valence-corrected chi connectivity index (χ4v) is 2.64. The van der Waals surface area contributed by atoms with Gasteiger partial charge in [0.15, 0.2) is 5.96 Å². The van der Waals surface area contributed by atoms with Gasteiger partial charge >= 0.3 is 0 Å². The molecule has 6 nitrogen and oxygen atoms in total. The molecule has 2 N–H and O–H groups in total. The van der Waals surface area contributed by atoms with E-state index in [2.05, 4.69) is 33.6 Å². The van der Waals surface area contributed by atoms with Crippen LogP contribution in [0.4, 0.5) is 0 Å². The third-order valence-corrected chi connectivity index (χ3v) is 4.22. The molecule has 1 fully saturated rings. The molecule has 142 valence electrons.